The minimum atomic E-state index is 0.285. The highest BCUT2D eigenvalue weighted by molar-refractivity contribution is 6.30. The van der Waals surface area contributed by atoms with Crippen molar-refractivity contribution in [1.29, 1.82) is 0 Å². The molecule has 1 aromatic heterocycles. The van der Waals surface area contributed by atoms with Crippen molar-refractivity contribution in [2.75, 3.05) is 6.61 Å². The maximum absolute atomic E-state index is 6.02. The molecule has 0 aliphatic heterocycles. The summed E-state index contributed by atoms with van der Waals surface area (Å²) in [7, 11) is 0. The third-order valence-corrected chi connectivity index (χ3v) is 2.83. The van der Waals surface area contributed by atoms with E-state index in [4.69, 9.17) is 16.3 Å². The van der Waals surface area contributed by atoms with E-state index >= 15 is 0 Å². The molecule has 0 radical (unpaired) electrons. The summed E-state index contributed by atoms with van der Waals surface area (Å²) in [6.07, 6.45) is 4.00. The molecule has 1 fully saturated rings. The van der Waals surface area contributed by atoms with Gasteiger partial charge in [0.2, 0.25) is 5.88 Å². The Balaban J connectivity index is 2.15. The fourth-order valence-electron chi connectivity index (χ4n) is 1.44. The summed E-state index contributed by atoms with van der Waals surface area (Å²) in [4.78, 5) is 8.12. The molecule has 1 aliphatic carbocycles. The number of aromatic nitrogens is 2. The highest BCUT2D eigenvalue weighted by Gasteiger charge is 2.23. The maximum atomic E-state index is 6.02. The number of halogens is 1. The van der Waals surface area contributed by atoms with Crippen molar-refractivity contribution in [3.63, 3.8) is 0 Å². The second-order valence-corrected chi connectivity index (χ2v) is 4.65. The molecule has 1 aliphatic rings. The zero-order chi connectivity index (χ0) is 10.8. The summed E-state index contributed by atoms with van der Waals surface area (Å²) in [5.74, 6) is 1.66. The van der Waals surface area contributed by atoms with Gasteiger partial charge in [0.15, 0.2) is 0 Å². The van der Waals surface area contributed by atoms with Crippen LogP contribution in [0, 0.1) is 5.92 Å². The number of hydrogen-bond donors (Lipinski definition) is 0. The molecule has 0 unspecified atom stereocenters. The van der Waals surface area contributed by atoms with Crippen molar-refractivity contribution in [3.8, 4) is 5.88 Å². The van der Waals surface area contributed by atoms with Crippen molar-refractivity contribution in [2.24, 2.45) is 5.92 Å². The van der Waals surface area contributed by atoms with E-state index in [0.717, 1.165) is 18.1 Å². The van der Waals surface area contributed by atoms with Crippen LogP contribution in [0.15, 0.2) is 6.33 Å². The number of ether oxygens (including phenoxy) is 1. The first kappa shape index (κ1) is 10.7. The molecule has 2 rings (SSSR count). The van der Waals surface area contributed by atoms with E-state index in [0.29, 0.717) is 11.0 Å². The Bertz CT molecular complexity index is 350. The fourth-order valence-corrected chi connectivity index (χ4v) is 1.78. The van der Waals surface area contributed by atoms with Crippen molar-refractivity contribution >= 4 is 11.6 Å². The first-order valence-corrected chi connectivity index (χ1v) is 5.69. The Morgan fingerprint density at radius 3 is 2.80 bits per heavy atom. The average Bonchev–Trinajstić information content (AvgIpc) is 2.97. The molecule has 0 aromatic carbocycles. The highest BCUT2D eigenvalue weighted by atomic mass is 35.5. The van der Waals surface area contributed by atoms with Gasteiger partial charge >= 0.3 is 0 Å². The Kier molecular flexibility index (Phi) is 3.10. The van der Waals surface area contributed by atoms with Gasteiger partial charge in [-0.2, -0.15) is 0 Å². The van der Waals surface area contributed by atoms with Crippen molar-refractivity contribution in [1.82, 2.24) is 9.97 Å². The Morgan fingerprint density at radius 2 is 2.20 bits per heavy atom. The molecular formula is C11H15ClN2O. The van der Waals surface area contributed by atoms with Crippen molar-refractivity contribution in [2.45, 2.75) is 32.6 Å². The third kappa shape index (κ3) is 2.59. The average molecular weight is 227 g/mol. The molecule has 0 saturated heterocycles. The van der Waals surface area contributed by atoms with Crippen LogP contribution in [0.25, 0.3) is 0 Å². The standard InChI is InChI=1S/C11H15ClN2O/c1-7(2)9-10(12)13-6-14-11(9)15-5-8-3-4-8/h6-8H,3-5H2,1-2H3. The SMILES string of the molecule is CC(C)c1c(Cl)ncnc1OCC1CC1. The molecule has 1 saturated carbocycles. The molecule has 0 atom stereocenters. The van der Waals surface area contributed by atoms with Crippen LogP contribution < -0.4 is 4.74 Å². The molecule has 82 valence electrons. The summed E-state index contributed by atoms with van der Waals surface area (Å²) in [6, 6.07) is 0. The number of rotatable bonds is 4. The zero-order valence-corrected chi connectivity index (χ0v) is 9.79. The summed E-state index contributed by atoms with van der Waals surface area (Å²) in [5.41, 5.74) is 0.916. The summed E-state index contributed by atoms with van der Waals surface area (Å²) in [6.45, 7) is 4.89. The predicted molar refractivity (Wildman–Crippen MR) is 59.4 cm³/mol. The van der Waals surface area contributed by atoms with Gasteiger partial charge < -0.3 is 4.74 Å². The van der Waals surface area contributed by atoms with Crippen LogP contribution >= 0.6 is 11.6 Å². The number of nitrogens with zero attached hydrogens (tertiary/aromatic N) is 2. The van der Waals surface area contributed by atoms with Gasteiger partial charge in [-0.1, -0.05) is 25.4 Å². The van der Waals surface area contributed by atoms with Gasteiger partial charge in [0.05, 0.1) is 12.2 Å². The molecule has 1 aromatic rings. The number of hydrogen-bond acceptors (Lipinski definition) is 3. The quantitative estimate of drug-likeness (QED) is 0.741. The van der Waals surface area contributed by atoms with E-state index < -0.39 is 0 Å². The Labute approximate surface area is 94.8 Å². The van der Waals surface area contributed by atoms with Crippen LogP contribution in [-0.4, -0.2) is 16.6 Å². The molecule has 0 bridgehead atoms. The van der Waals surface area contributed by atoms with E-state index in [9.17, 15) is 0 Å². The second-order valence-electron chi connectivity index (χ2n) is 4.29. The van der Waals surface area contributed by atoms with Crippen molar-refractivity contribution in [3.05, 3.63) is 17.0 Å². The second kappa shape index (κ2) is 4.35. The molecular weight excluding hydrogens is 212 g/mol. The van der Waals surface area contributed by atoms with Crippen LogP contribution in [0.5, 0.6) is 5.88 Å². The van der Waals surface area contributed by atoms with E-state index in [1.165, 1.54) is 19.2 Å². The smallest absolute Gasteiger partial charge is 0.221 e. The molecule has 1 heterocycles. The third-order valence-electron chi connectivity index (χ3n) is 2.53. The minimum absolute atomic E-state index is 0.285. The lowest BCUT2D eigenvalue weighted by Crippen LogP contribution is -2.06. The van der Waals surface area contributed by atoms with E-state index in [-0.39, 0.29) is 5.92 Å². The Morgan fingerprint density at radius 1 is 1.47 bits per heavy atom. The molecule has 0 amide bonds. The van der Waals surface area contributed by atoms with Gasteiger partial charge in [0, 0.05) is 0 Å². The summed E-state index contributed by atoms with van der Waals surface area (Å²) < 4.78 is 5.67. The largest absolute Gasteiger partial charge is 0.477 e. The molecule has 15 heavy (non-hydrogen) atoms. The van der Waals surface area contributed by atoms with Gasteiger partial charge in [-0.3, -0.25) is 0 Å². The normalized spacial score (nSPS) is 15.7. The summed E-state index contributed by atoms with van der Waals surface area (Å²) in [5, 5.41) is 0.505. The maximum Gasteiger partial charge on any atom is 0.221 e. The molecule has 4 heteroatoms. The Hall–Kier alpha value is -0.830. The lowest BCUT2D eigenvalue weighted by molar-refractivity contribution is 0.283. The van der Waals surface area contributed by atoms with Crippen LogP contribution in [0.4, 0.5) is 0 Å². The van der Waals surface area contributed by atoms with Crippen LogP contribution in [0.3, 0.4) is 0 Å². The predicted octanol–water partition coefficient (Wildman–Crippen LogP) is 3.04. The van der Waals surface area contributed by atoms with Gasteiger partial charge in [0.25, 0.3) is 0 Å². The van der Waals surface area contributed by atoms with Crippen LogP contribution in [0.1, 0.15) is 38.2 Å². The molecule has 3 nitrogen and oxygen atoms in total. The minimum Gasteiger partial charge on any atom is -0.477 e. The van der Waals surface area contributed by atoms with E-state index in [2.05, 4.69) is 23.8 Å². The summed E-state index contributed by atoms with van der Waals surface area (Å²) >= 11 is 6.02. The monoisotopic (exact) mass is 226 g/mol. The van der Waals surface area contributed by atoms with Crippen LogP contribution in [0.2, 0.25) is 5.15 Å². The van der Waals surface area contributed by atoms with Gasteiger partial charge in [-0.05, 0) is 24.7 Å². The topological polar surface area (TPSA) is 35.0 Å². The van der Waals surface area contributed by atoms with Gasteiger partial charge in [-0.15, -0.1) is 0 Å². The first-order valence-electron chi connectivity index (χ1n) is 5.31. The van der Waals surface area contributed by atoms with E-state index in [1.807, 2.05) is 0 Å². The molecule has 0 spiro atoms. The first-order chi connectivity index (χ1) is 7.18. The zero-order valence-electron chi connectivity index (χ0n) is 9.03. The van der Waals surface area contributed by atoms with E-state index in [1.54, 1.807) is 0 Å². The van der Waals surface area contributed by atoms with Crippen molar-refractivity contribution < 1.29 is 4.74 Å². The molecule has 0 N–H and O–H groups in total. The van der Waals surface area contributed by atoms with Gasteiger partial charge in [0.1, 0.15) is 11.5 Å². The lowest BCUT2D eigenvalue weighted by atomic mass is 10.1. The lowest BCUT2D eigenvalue weighted by Gasteiger charge is -2.12. The highest BCUT2D eigenvalue weighted by Crippen LogP contribution is 2.33. The fraction of sp³-hybridized carbons (Fsp3) is 0.636. The van der Waals surface area contributed by atoms with Crippen LogP contribution in [-0.2, 0) is 0 Å². The van der Waals surface area contributed by atoms with Gasteiger partial charge in [-0.25, -0.2) is 9.97 Å².